The Bertz CT molecular complexity index is 1120. The molecule has 1 aliphatic heterocycles. The Morgan fingerprint density at radius 1 is 1.36 bits per heavy atom. The van der Waals surface area contributed by atoms with Crippen LogP contribution in [-0.4, -0.2) is 46.6 Å². The second kappa shape index (κ2) is 7.71. The Morgan fingerprint density at radius 2 is 2.21 bits per heavy atom. The van der Waals surface area contributed by atoms with Crippen molar-refractivity contribution >= 4 is 38.3 Å². The van der Waals surface area contributed by atoms with Crippen molar-refractivity contribution in [3.63, 3.8) is 0 Å². The summed E-state index contributed by atoms with van der Waals surface area (Å²) < 4.78 is 28.7. The lowest BCUT2D eigenvalue weighted by Gasteiger charge is -2.02. The Kier molecular flexibility index (Phi) is 5.29. The number of fused-ring (bicyclic) bond motifs is 1. The van der Waals surface area contributed by atoms with Gasteiger partial charge in [-0.1, -0.05) is 36.9 Å². The number of carbonyl (C=O) groups excluding carboxylic acids is 1. The number of aromatic nitrogens is 3. The summed E-state index contributed by atoms with van der Waals surface area (Å²) in [6, 6.07) is 5.97. The molecule has 1 fully saturated rings. The molecular formula is C19H21N3O4S2. The molecule has 3 heterocycles. The lowest BCUT2D eigenvalue weighted by molar-refractivity contribution is 0.102. The third-order valence-electron chi connectivity index (χ3n) is 5.05. The highest BCUT2D eigenvalue weighted by Crippen LogP contribution is 2.26. The van der Waals surface area contributed by atoms with E-state index >= 15 is 0 Å². The average Bonchev–Trinajstić information content (AvgIpc) is 3.38. The number of H-pyrrole nitrogens is 1. The van der Waals surface area contributed by atoms with Crippen LogP contribution in [0.15, 0.2) is 34.0 Å². The van der Waals surface area contributed by atoms with Gasteiger partial charge in [0.25, 0.3) is 5.22 Å². The molecule has 1 N–H and O–H groups in total. The maximum atomic E-state index is 12.7. The van der Waals surface area contributed by atoms with Crippen LogP contribution in [0.5, 0.6) is 0 Å². The minimum absolute atomic E-state index is 0.00820. The van der Waals surface area contributed by atoms with Gasteiger partial charge in [0.15, 0.2) is 15.6 Å². The molecule has 0 spiro atoms. The molecule has 28 heavy (non-hydrogen) atoms. The van der Waals surface area contributed by atoms with Crippen LogP contribution in [0.2, 0.25) is 0 Å². The van der Waals surface area contributed by atoms with E-state index in [9.17, 15) is 13.2 Å². The number of sulfone groups is 1. The number of thioether (sulfide) groups is 1. The molecule has 4 rings (SSSR count). The van der Waals surface area contributed by atoms with E-state index in [1.807, 2.05) is 12.1 Å². The van der Waals surface area contributed by atoms with Crippen molar-refractivity contribution in [2.45, 2.75) is 31.4 Å². The highest BCUT2D eigenvalue weighted by atomic mass is 32.2. The molecule has 0 radical (unpaired) electrons. The van der Waals surface area contributed by atoms with Crippen molar-refractivity contribution in [2.75, 3.05) is 17.3 Å². The van der Waals surface area contributed by atoms with Crippen molar-refractivity contribution in [3.05, 3.63) is 41.4 Å². The molecule has 2 aromatic heterocycles. The fraction of sp³-hybridized carbons (Fsp3) is 0.421. The van der Waals surface area contributed by atoms with Gasteiger partial charge in [0.05, 0.1) is 17.3 Å². The molecule has 0 saturated carbocycles. The fourth-order valence-electron chi connectivity index (χ4n) is 3.61. The minimum atomic E-state index is -2.92. The van der Waals surface area contributed by atoms with Gasteiger partial charge in [-0.25, -0.2) is 8.42 Å². The summed E-state index contributed by atoms with van der Waals surface area (Å²) in [4.78, 5) is 15.9. The van der Waals surface area contributed by atoms with Crippen LogP contribution >= 0.6 is 11.8 Å². The van der Waals surface area contributed by atoms with Gasteiger partial charge in [0.2, 0.25) is 5.89 Å². The predicted octanol–water partition coefficient (Wildman–Crippen LogP) is 3.07. The number of nitrogens with zero attached hydrogens (tertiary/aromatic N) is 2. The van der Waals surface area contributed by atoms with Crippen LogP contribution in [0.25, 0.3) is 10.9 Å². The number of hydrogen-bond acceptors (Lipinski definition) is 7. The van der Waals surface area contributed by atoms with Crippen LogP contribution in [0.3, 0.4) is 0 Å². The van der Waals surface area contributed by atoms with Gasteiger partial charge in [-0.3, -0.25) is 4.79 Å². The first-order valence-electron chi connectivity index (χ1n) is 9.23. The molecule has 148 valence electrons. The molecule has 0 bridgehead atoms. The molecule has 1 atom stereocenters. The molecule has 1 saturated heterocycles. The normalized spacial score (nSPS) is 18.7. The molecule has 1 aliphatic rings. The van der Waals surface area contributed by atoms with Gasteiger partial charge in [-0.2, -0.15) is 0 Å². The minimum Gasteiger partial charge on any atom is -0.416 e. The highest BCUT2D eigenvalue weighted by molar-refractivity contribution is 7.99. The number of carbonyl (C=O) groups is 1. The van der Waals surface area contributed by atoms with E-state index in [1.54, 1.807) is 6.20 Å². The topological polar surface area (TPSA) is 106 Å². The summed E-state index contributed by atoms with van der Waals surface area (Å²) in [5.74, 6) is 1.05. The van der Waals surface area contributed by atoms with E-state index in [1.165, 1.54) is 17.3 Å². The van der Waals surface area contributed by atoms with Crippen LogP contribution in [0, 0.1) is 5.92 Å². The predicted molar refractivity (Wildman–Crippen MR) is 107 cm³/mol. The smallest absolute Gasteiger partial charge is 0.277 e. The Labute approximate surface area is 167 Å². The van der Waals surface area contributed by atoms with Gasteiger partial charge >= 0.3 is 0 Å². The van der Waals surface area contributed by atoms with E-state index in [4.69, 9.17) is 4.42 Å². The van der Waals surface area contributed by atoms with Crippen molar-refractivity contribution in [2.24, 2.45) is 5.92 Å². The van der Waals surface area contributed by atoms with Crippen molar-refractivity contribution in [1.82, 2.24) is 15.2 Å². The van der Waals surface area contributed by atoms with Crippen molar-refractivity contribution in [3.8, 4) is 0 Å². The number of aromatic amines is 1. The summed E-state index contributed by atoms with van der Waals surface area (Å²) in [5, 5.41) is 9.23. The number of para-hydroxylation sites is 1. The quantitative estimate of drug-likeness (QED) is 0.463. The maximum Gasteiger partial charge on any atom is 0.277 e. The van der Waals surface area contributed by atoms with E-state index in [2.05, 4.69) is 28.2 Å². The number of hydrogen-bond donors (Lipinski definition) is 1. The van der Waals surface area contributed by atoms with Gasteiger partial charge in [0.1, 0.15) is 0 Å². The summed E-state index contributed by atoms with van der Waals surface area (Å²) >= 11 is 1.20. The highest BCUT2D eigenvalue weighted by Gasteiger charge is 2.29. The zero-order valence-corrected chi connectivity index (χ0v) is 17.1. The number of benzene rings is 1. The Hall–Kier alpha value is -2.13. The number of Topliss-reactive ketones (excluding diaryl/α,β-unsaturated/α-hetero) is 1. The largest absolute Gasteiger partial charge is 0.416 e. The summed E-state index contributed by atoms with van der Waals surface area (Å²) in [7, 11) is -2.92. The zero-order valence-electron chi connectivity index (χ0n) is 15.5. The van der Waals surface area contributed by atoms with Crippen LogP contribution in [-0.2, 0) is 22.7 Å². The SMILES string of the molecule is CCc1cccc2c(C(=O)CSc3nnc(CC4CCS(=O)(=O)C4)o3)c[nH]c12. The number of ketones is 1. The van der Waals surface area contributed by atoms with Crippen LogP contribution in [0.1, 0.15) is 35.2 Å². The van der Waals surface area contributed by atoms with Crippen LogP contribution in [0.4, 0.5) is 0 Å². The molecule has 7 nitrogen and oxygen atoms in total. The second-order valence-corrected chi connectivity index (χ2v) is 10.2. The zero-order chi connectivity index (χ0) is 19.7. The molecule has 0 aliphatic carbocycles. The summed E-state index contributed by atoms with van der Waals surface area (Å²) in [6.07, 6.45) is 3.74. The van der Waals surface area contributed by atoms with E-state index < -0.39 is 9.84 Å². The monoisotopic (exact) mass is 419 g/mol. The van der Waals surface area contributed by atoms with E-state index in [0.717, 1.165) is 17.3 Å². The molecule has 0 amide bonds. The number of rotatable bonds is 7. The standard InChI is InChI=1S/C19H21N3O4S2/c1-2-13-4-3-5-14-15(9-20-18(13)14)16(23)10-27-19-22-21-17(26-19)8-12-6-7-28(24,25)11-12/h3-5,9,12,20H,2,6-8,10-11H2,1H3. The molecule has 9 heteroatoms. The van der Waals surface area contributed by atoms with Crippen molar-refractivity contribution in [1.29, 1.82) is 0 Å². The fourth-order valence-corrected chi connectivity index (χ4v) is 6.13. The first-order valence-corrected chi connectivity index (χ1v) is 12.0. The third kappa shape index (κ3) is 4.00. The summed E-state index contributed by atoms with van der Waals surface area (Å²) in [5.41, 5.74) is 2.85. The van der Waals surface area contributed by atoms with Gasteiger partial charge in [0, 0.05) is 29.1 Å². The van der Waals surface area contributed by atoms with Gasteiger partial charge in [-0.15, -0.1) is 10.2 Å². The van der Waals surface area contributed by atoms with Crippen LogP contribution < -0.4 is 0 Å². The number of nitrogens with one attached hydrogen (secondary N) is 1. The lowest BCUT2D eigenvalue weighted by Crippen LogP contribution is -2.07. The first kappa shape index (κ1) is 19.2. The molecular weight excluding hydrogens is 398 g/mol. The molecule has 1 unspecified atom stereocenters. The Morgan fingerprint density at radius 3 is 2.96 bits per heavy atom. The molecule has 1 aromatic carbocycles. The average molecular weight is 420 g/mol. The van der Waals surface area contributed by atoms with Gasteiger partial charge < -0.3 is 9.40 Å². The lowest BCUT2D eigenvalue weighted by atomic mass is 10.1. The first-order chi connectivity index (χ1) is 13.4. The van der Waals surface area contributed by atoms with Gasteiger partial charge in [-0.05, 0) is 24.3 Å². The summed E-state index contributed by atoms with van der Waals surface area (Å²) in [6.45, 7) is 2.08. The number of aryl methyl sites for hydroxylation is 1. The van der Waals surface area contributed by atoms with E-state index in [-0.39, 0.29) is 29.0 Å². The maximum absolute atomic E-state index is 12.7. The van der Waals surface area contributed by atoms with E-state index in [0.29, 0.717) is 29.5 Å². The third-order valence-corrected chi connectivity index (χ3v) is 7.70. The second-order valence-electron chi connectivity index (χ2n) is 7.04. The molecule has 3 aromatic rings. The van der Waals surface area contributed by atoms with Crippen molar-refractivity contribution < 1.29 is 17.6 Å². The Balaban J connectivity index is 1.39.